The van der Waals surface area contributed by atoms with Crippen LogP contribution in [0, 0.1) is 22.9 Å². The highest BCUT2D eigenvalue weighted by atomic mass is 19.1. The van der Waals surface area contributed by atoms with Crippen molar-refractivity contribution in [1.29, 1.82) is 0 Å². The lowest BCUT2D eigenvalue weighted by molar-refractivity contribution is -0.384. The summed E-state index contributed by atoms with van der Waals surface area (Å²) in [5.41, 5.74) is -0.530. The van der Waals surface area contributed by atoms with Crippen LogP contribution in [-0.4, -0.2) is 16.0 Å². The van der Waals surface area contributed by atoms with Crippen LogP contribution in [0.25, 0.3) is 11.0 Å². The van der Waals surface area contributed by atoms with Crippen molar-refractivity contribution in [3.8, 4) is 0 Å². The zero-order valence-corrected chi connectivity index (χ0v) is 15.9. The van der Waals surface area contributed by atoms with E-state index in [2.05, 4.69) is 5.16 Å². The van der Waals surface area contributed by atoms with E-state index < -0.39 is 28.1 Å². The zero-order chi connectivity index (χ0) is 21.9. The van der Waals surface area contributed by atoms with Crippen molar-refractivity contribution in [2.24, 2.45) is 0 Å². The molecule has 1 amide bonds. The molecular weight excluding hydrogens is 409 g/mol. The number of carbonyl (C=O) groups is 1. The van der Waals surface area contributed by atoms with Crippen LogP contribution in [0.1, 0.15) is 33.5 Å². The van der Waals surface area contributed by atoms with Crippen molar-refractivity contribution in [2.75, 3.05) is 4.90 Å². The molecule has 0 N–H and O–H groups in total. The number of aryl methyl sites for hydroxylation is 1. The number of halogens is 1. The van der Waals surface area contributed by atoms with Crippen molar-refractivity contribution < 1.29 is 23.0 Å². The van der Waals surface area contributed by atoms with Crippen molar-refractivity contribution in [1.82, 2.24) is 5.16 Å². The summed E-state index contributed by atoms with van der Waals surface area (Å²) in [5.74, 6) is -1.01. The van der Waals surface area contributed by atoms with Gasteiger partial charge in [-0.1, -0.05) is 17.3 Å². The molecule has 154 valence electrons. The van der Waals surface area contributed by atoms with Gasteiger partial charge in [0.25, 0.3) is 11.6 Å². The molecule has 0 aliphatic carbocycles. The van der Waals surface area contributed by atoms with Gasteiger partial charge in [0.2, 0.25) is 5.76 Å². The molecule has 1 atom stereocenters. The van der Waals surface area contributed by atoms with Crippen LogP contribution in [0.15, 0.2) is 62.3 Å². The summed E-state index contributed by atoms with van der Waals surface area (Å²) in [5, 5.41) is 15.1. The quantitative estimate of drug-likeness (QED) is 0.364. The Labute approximate surface area is 172 Å². The maximum absolute atomic E-state index is 13.8. The number of anilines is 1. The summed E-state index contributed by atoms with van der Waals surface area (Å²) in [6, 6.07) is 9.40. The lowest BCUT2D eigenvalue weighted by atomic mass is 9.98. The standard InChI is InChI=1S/C21H12FN3O6/c1-10-7-16(23-31-10)24-18(11-3-2-4-13(8-11)25(28)29)17-19(26)14-9-12(22)5-6-15(14)30-20(17)21(24)27/h2-9,18H,1H3/t18-/m0/s1. The molecule has 9 nitrogen and oxygen atoms in total. The molecule has 5 rings (SSSR count). The largest absolute Gasteiger partial charge is 0.450 e. The number of benzene rings is 2. The van der Waals surface area contributed by atoms with Crippen LogP contribution in [0.2, 0.25) is 0 Å². The Bertz CT molecular complexity index is 1460. The molecule has 1 aliphatic rings. The third-order valence-corrected chi connectivity index (χ3v) is 5.09. The minimum absolute atomic E-state index is 0.0415. The first kappa shape index (κ1) is 18.7. The number of aromatic nitrogens is 1. The molecule has 2 aromatic heterocycles. The second-order valence-corrected chi connectivity index (χ2v) is 7.04. The van der Waals surface area contributed by atoms with Gasteiger partial charge in [-0.05, 0) is 30.7 Å². The van der Waals surface area contributed by atoms with Crippen LogP contribution in [0.4, 0.5) is 15.9 Å². The highest BCUT2D eigenvalue weighted by Crippen LogP contribution is 2.41. The Morgan fingerprint density at radius 2 is 1.97 bits per heavy atom. The van der Waals surface area contributed by atoms with Gasteiger partial charge in [-0.2, -0.15) is 0 Å². The fourth-order valence-electron chi connectivity index (χ4n) is 3.77. The fraction of sp³-hybridized carbons (Fsp3) is 0.0952. The molecule has 3 heterocycles. The number of rotatable bonds is 3. The average Bonchev–Trinajstić information content (AvgIpc) is 3.30. The highest BCUT2D eigenvalue weighted by molar-refractivity contribution is 6.10. The number of carbonyl (C=O) groups excluding carboxylic acids is 1. The number of amides is 1. The van der Waals surface area contributed by atoms with Crippen molar-refractivity contribution in [3.63, 3.8) is 0 Å². The minimum atomic E-state index is -1.07. The van der Waals surface area contributed by atoms with E-state index in [1.54, 1.807) is 13.0 Å². The Balaban J connectivity index is 1.83. The molecule has 0 fully saturated rings. The topological polar surface area (TPSA) is 120 Å². The number of nitro groups is 1. The number of nitro benzene ring substituents is 1. The van der Waals surface area contributed by atoms with E-state index in [0.717, 1.165) is 12.1 Å². The number of nitrogens with zero attached hydrogens (tertiary/aromatic N) is 3. The number of non-ortho nitro benzene ring substituents is 1. The van der Waals surface area contributed by atoms with E-state index in [4.69, 9.17) is 8.94 Å². The van der Waals surface area contributed by atoms with Crippen LogP contribution < -0.4 is 10.3 Å². The summed E-state index contributed by atoms with van der Waals surface area (Å²) in [7, 11) is 0. The zero-order valence-electron chi connectivity index (χ0n) is 15.9. The Hall–Kier alpha value is -4.34. The van der Waals surface area contributed by atoms with Crippen molar-refractivity contribution in [3.05, 3.63) is 97.3 Å². The number of hydrogen-bond donors (Lipinski definition) is 0. The van der Waals surface area contributed by atoms with E-state index in [9.17, 15) is 24.1 Å². The van der Waals surface area contributed by atoms with Crippen LogP contribution in [-0.2, 0) is 0 Å². The molecule has 31 heavy (non-hydrogen) atoms. The Kier molecular flexibility index (Phi) is 3.97. The Morgan fingerprint density at radius 1 is 1.16 bits per heavy atom. The first-order chi connectivity index (χ1) is 14.8. The van der Waals surface area contributed by atoms with Gasteiger partial charge in [0.05, 0.1) is 21.9 Å². The first-order valence-electron chi connectivity index (χ1n) is 9.12. The maximum atomic E-state index is 13.8. The van der Waals surface area contributed by atoms with E-state index in [-0.39, 0.29) is 33.8 Å². The average molecular weight is 421 g/mol. The molecule has 10 heteroatoms. The highest BCUT2D eigenvalue weighted by Gasteiger charge is 2.45. The smallest absolute Gasteiger partial charge is 0.296 e. The molecule has 2 aromatic carbocycles. The molecule has 0 bridgehead atoms. The summed E-state index contributed by atoms with van der Waals surface area (Å²) < 4.78 is 24.6. The third-order valence-electron chi connectivity index (χ3n) is 5.09. The lowest BCUT2D eigenvalue weighted by Crippen LogP contribution is -2.29. The summed E-state index contributed by atoms with van der Waals surface area (Å²) in [6.45, 7) is 1.63. The maximum Gasteiger partial charge on any atom is 0.296 e. The minimum Gasteiger partial charge on any atom is -0.450 e. The van der Waals surface area contributed by atoms with Crippen LogP contribution in [0.5, 0.6) is 0 Å². The van der Waals surface area contributed by atoms with Gasteiger partial charge < -0.3 is 8.94 Å². The van der Waals surface area contributed by atoms with Crippen LogP contribution >= 0.6 is 0 Å². The molecule has 0 unspecified atom stereocenters. The fourth-order valence-corrected chi connectivity index (χ4v) is 3.77. The molecule has 0 saturated carbocycles. The van der Waals surface area contributed by atoms with Gasteiger partial charge in [0, 0.05) is 18.2 Å². The summed E-state index contributed by atoms with van der Waals surface area (Å²) >= 11 is 0. The van der Waals surface area contributed by atoms with Gasteiger partial charge in [-0.3, -0.25) is 24.6 Å². The summed E-state index contributed by atoms with van der Waals surface area (Å²) in [6.07, 6.45) is 0. The van der Waals surface area contributed by atoms with E-state index in [1.807, 2.05) is 0 Å². The third kappa shape index (κ3) is 2.80. The molecule has 0 spiro atoms. The second-order valence-electron chi connectivity index (χ2n) is 7.04. The van der Waals surface area contributed by atoms with Gasteiger partial charge in [-0.25, -0.2) is 4.39 Å². The van der Waals surface area contributed by atoms with Crippen molar-refractivity contribution >= 4 is 28.4 Å². The molecular formula is C21H12FN3O6. The van der Waals surface area contributed by atoms with Crippen molar-refractivity contribution in [2.45, 2.75) is 13.0 Å². The molecule has 0 radical (unpaired) electrons. The number of hydrogen-bond acceptors (Lipinski definition) is 7. The predicted molar refractivity (Wildman–Crippen MR) is 105 cm³/mol. The molecule has 4 aromatic rings. The van der Waals surface area contributed by atoms with Gasteiger partial charge >= 0.3 is 0 Å². The van der Waals surface area contributed by atoms with Crippen LogP contribution in [0.3, 0.4) is 0 Å². The van der Waals surface area contributed by atoms with E-state index >= 15 is 0 Å². The van der Waals surface area contributed by atoms with Gasteiger partial charge in [-0.15, -0.1) is 0 Å². The lowest BCUT2D eigenvalue weighted by Gasteiger charge is -2.22. The second kappa shape index (κ2) is 6.59. The SMILES string of the molecule is Cc1cc(N2C(=O)c3oc4ccc(F)cc4c(=O)c3[C@@H]2c2cccc([N+](=O)[O-])c2)no1. The summed E-state index contributed by atoms with van der Waals surface area (Å²) in [4.78, 5) is 38.5. The molecule has 0 saturated heterocycles. The van der Waals surface area contributed by atoms with E-state index in [1.165, 1.54) is 35.2 Å². The monoisotopic (exact) mass is 421 g/mol. The first-order valence-corrected chi connectivity index (χ1v) is 9.12. The Morgan fingerprint density at radius 3 is 2.68 bits per heavy atom. The van der Waals surface area contributed by atoms with E-state index in [0.29, 0.717) is 11.3 Å². The molecule has 1 aliphatic heterocycles. The normalized spacial score (nSPS) is 15.5. The number of fused-ring (bicyclic) bond motifs is 2. The van der Waals surface area contributed by atoms with Gasteiger partial charge in [0.15, 0.2) is 11.2 Å². The van der Waals surface area contributed by atoms with Gasteiger partial charge in [0.1, 0.15) is 17.2 Å². The predicted octanol–water partition coefficient (Wildman–Crippen LogP) is 3.89.